The Hall–Kier alpha value is -2.32. The first-order chi connectivity index (χ1) is 14.5. The molecule has 2 N–H and O–H groups in total. The fourth-order valence-electron chi connectivity index (χ4n) is 4.74. The summed E-state index contributed by atoms with van der Waals surface area (Å²) in [6.07, 6.45) is 2.91. The maximum atomic E-state index is 12.0. The highest BCUT2D eigenvalue weighted by Gasteiger charge is 2.41. The van der Waals surface area contributed by atoms with Crippen LogP contribution in [0.15, 0.2) is 23.6 Å². The molecule has 0 spiro atoms. The van der Waals surface area contributed by atoms with Crippen molar-refractivity contribution in [3.8, 4) is 10.6 Å². The van der Waals surface area contributed by atoms with Gasteiger partial charge in [0.05, 0.1) is 10.6 Å². The van der Waals surface area contributed by atoms with Crippen LogP contribution in [-0.4, -0.2) is 57.5 Å². The lowest BCUT2D eigenvalue weighted by atomic mass is 9.74. The molecular weight excluding hydrogens is 400 g/mol. The molecule has 2 bridgehead atoms. The van der Waals surface area contributed by atoms with E-state index in [0.29, 0.717) is 30.8 Å². The topological polar surface area (TPSA) is 95.4 Å². The van der Waals surface area contributed by atoms with Gasteiger partial charge in [-0.05, 0) is 56.2 Å². The number of piperidine rings is 3. The third-order valence-corrected chi connectivity index (χ3v) is 7.11. The number of amides is 1. The summed E-state index contributed by atoms with van der Waals surface area (Å²) in [7, 11) is 0. The molecule has 5 heterocycles. The van der Waals surface area contributed by atoms with Gasteiger partial charge in [0.1, 0.15) is 5.82 Å². The Morgan fingerprint density at radius 1 is 1.33 bits per heavy atom. The lowest BCUT2D eigenvalue weighted by Gasteiger charge is -2.49. The van der Waals surface area contributed by atoms with Crippen LogP contribution in [0.2, 0.25) is 0 Å². The van der Waals surface area contributed by atoms with Crippen LogP contribution in [-0.2, 0) is 9.59 Å². The summed E-state index contributed by atoms with van der Waals surface area (Å²) >= 11 is 1.70. The van der Waals surface area contributed by atoms with Gasteiger partial charge in [0, 0.05) is 43.6 Å². The zero-order valence-corrected chi connectivity index (χ0v) is 18.0. The van der Waals surface area contributed by atoms with E-state index in [9.17, 15) is 9.59 Å². The molecule has 30 heavy (non-hydrogen) atoms. The number of carbonyl (C=O) groups is 2. The molecule has 0 aliphatic carbocycles. The van der Waals surface area contributed by atoms with Crippen molar-refractivity contribution >= 4 is 23.2 Å². The number of hydrogen-bond donors (Lipinski definition) is 2. The number of carboxylic acids is 1. The Balaban J connectivity index is 1.37. The van der Waals surface area contributed by atoms with Crippen LogP contribution in [0.4, 0.5) is 0 Å². The van der Waals surface area contributed by atoms with Crippen molar-refractivity contribution in [3.63, 3.8) is 0 Å². The molecule has 0 radical (unpaired) electrons. The van der Waals surface area contributed by atoms with E-state index in [-0.39, 0.29) is 18.7 Å². The van der Waals surface area contributed by atoms with Gasteiger partial charge in [-0.2, -0.15) is 0 Å². The molecule has 2 aromatic rings. The van der Waals surface area contributed by atoms with Gasteiger partial charge in [-0.3, -0.25) is 14.5 Å². The number of carbonyl (C=O) groups excluding carboxylic acids is 1. The SMILES string of the molecule is Cc1nc(-c2cccs2)cc([C@@H]2CN3CC[C@H]2C[C@@H]3CNC(=O)CCCC(=O)O)n1. The summed E-state index contributed by atoms with van der Waals surface area (Å²) in [6, 6.07) is 6.65. The third kappa shape index (κ3) is 4.87. The van der Waals surface area contributed by atoms with Crippen molar-refractivity contribution in [1.82, 2.24) is 20.2 Å². The van der Waals surface area contributed by atoms with Gasteiger partial charge in [0.2, 0.25) is 5.91 Å². The largest absolute Gasteiger partial charge is 0.481 e. The van der Waals surface area contributed by atoms with E-state index >= 15 is 0 Å². The first-order valence-corrected chi connectivity index (χ1v) is 11.5. The number of fused-ring (bicyclic) bond motifs is 3. The molecule has 7 nitrogen and oxygen atoms in total. The molecule has 0 saturated carbocycles. The standard InChI is InChI=1S/C22H28N4O3S/c1-14-24-18(11-19(25-14)20-4-3-9-30-20)17-13-26-8-7-15(17)10-16(26)12-23-21(27)5-2-6-22(28)29/h3-4,9,11,15-17H,2,5-8,10,12-13H2,1H3,(H,23,27)(H,28,29)/t15-,16+,17+/m0/s1. The number of hydrogen-bond acceptors (Lipinski definition) is 6. The predicted molar refractivity (Wildman–Crippen MR) is 115 cm³/mol. The molecule has 4 atom stereocenters. The van der Waals surface area contributed by atoms with Crippen molar-refractivity contribution in [3.05, 3.63) is 35.1 Å². The Kier molecular flexibility index (Phi) is 6.43. The summed E-state index contributed by atoms with van der Waals surface area (Å²) in [5, 5.41) is 13.8. The minimum Gasteiger partial charge on any atom is -0.481 e. The number of aromatic nitrogens is 2. The minimum absolute atomic E-state index is 0.0402. The first-order valence-electron chi connectivity index (χ1n) is 10.6. The van der Waals surface area contributed by atoms with Crippen molar-refractivity contribution in [2.75, 3.05) is 19.6 Å². The van der Waals surface area contributed by atoms with Gasteiger partial charge in [0.25, 0.3) is 0 Å². The van der Waals surface area contributed by atoms with E-state index in [1.807, 2.05) is 13.0 Å². The highest BCUT2D eigenvalue weighted by Crippen LogP contribution is 2.41. The molecule has 8 heteroatoms. The molecule has 3 fully saturated rings. The van der Waals surface area contributed by atoms with Crippen molar-refractivity contribution < 1.29 is 14.7 Å². The molecule has 5 rings (SSSR count). The normalized spacial score (nSPS) is 25.2. The van der Waals surface area contributed by atoms with Crippen LogP contribution >= 0.6 is 11.3 Å². The Morgan fingerprint density at radius 2 is 2.20 bits per heavy atom. The van der Waals surface area contributed by atoms with Crippen LogP contribution in [0.1, 0.15) is 49.5 Å². The third-order valence-electron chi connectivity index (χ3n) is 6.22. The molecule has 1 amide bonds. The van der Waals surface area contributed by atoms with Gasteiger partial charge in [-0.15, -0.1) is 11.3 Å². The molecule has 2 aromatic heterocycles. The number of nitrogens with zero attached hydrogens (tertiary/aromatic N) is 3. The van der Waals surface area contributed by atoms with Crippen molar-refractivity contribution in [2.45, 2.75) is 51.0 Å². The monoisotopic (exact) mass is 428 g/mol. The maximum Gasteiger partial charge on any atom is 0.303 e. The fraction of sp³-hybridized carbons (Fsp3) is 0.545. The van der Waals surface area contributed by atoms with Crippen molar-refractivity contribution in [1.29, 1.82) is 0 Å². The van der Waals surface area contributed by atoms with Gasteiger partial charge in [-0.25, -0.2) is 9.97 Å². The zero-order valence-electron chi connectivity index (χ0n) is 17.2. The Morgan fingerprint density at radius 3 is 2.90 bits per heavy atom. The summed E-state index contributed by atoms with van der Waals surface area (Å²) in [5.74, 6) is 0.878. The number of carboxylic acid groups (broad SMARTS) is 1. The smallest absolute Gasteiger partial charge is 0.303 e. The van der Waals surface area contributed by atoms with E-state index in [4.69, 9.17) is 10.1 Å². The lowest BCUT2D eigenvalue weighted by molar-refractivity contribution is -0.137. The molecule has 160 valence electrons. The molecule has 0 aromatic carbocycles. The number of rotatable bonds is 8. The Labute approximate surface area is 180 Å². The second-order valence-corrected chi connectivity index (χ2v) is 9.24. The predicted octanol–water partition coefficient (Wildman–Crippen LogP) is 3.06. The maximum absolute atomic E-state index is 12.0. The number of nitrogens with one attached hydrogen (secondary N) is 1. The van der Waals surface area contributed by atoms with E-state index in [1.54, 1.807) is 11.3 Å². The van der Waals surface area contributed by atoms with Gasteiger partial charge in [0.15, 0.2) is 0 Å². The van der Waals surface area contributed by atoms with Gasteiger partial charge < -0.3 is 10.4 Å². The molecule has 3 saturated heterocycles. The number of aryl methyl sites for hydroxylation is 1. The summed E-state index contributed by atoms with van der Waals surface area (Å²) in [5.41, 5.74) is 2.14. The molecule has 3 aliphatic rings. The van der Waals surface area contributed by atoms with Crippen molar-refractivity contribution in [2.24, 2.45) is 5.92 Å². The van der Waals surface area contributed by atoms with Gasteiger partial charge in [-0.1, -0.05) is 6.07 Å². The molecule has 3 aliphatic heterocycles. The highest BCUT2D eigenvalue weighted by atomic mass is 32.1. The van der Waals surface area contributed by atoms with Gasteiger partial charge >= 0.3 is 5.97 Å². The summed E-state index contributed by atoms with van der Waals surface area (Å²) in [4.78, 5) is 35.7. The van der Waals surface area contributed by atoms with E-state index in [0.717, 1.165) is 43.1 Å². The summed E-state index contributed by atoms with van der Waals surface area (Å²) in [6.45, 7) is 4.62. The first kappa shape index (κ1) is 20.9. The van der Waals surface area contributed by atoms with Crippen LogP contribution in [0.5, 0.6) is 0 Å². The second-order valence-electron chi connectivity index (χ2n) is 8.29. The second kappa shape index (κ2) is 9.22. The van der Waals surface area contributed by atoms with E-state index < -0.39 is 5.97 Å². The molecule has 1 unspecified atom stereocenters. The van der Waals surface area contributed by atoms with Crippen LogP contribution in [0.25, 0.3) is 10.6 Å². The number of thiophene rings is 1. The summed E-state index contributed by atoms with van der Waals surface area (Å²) < 4.78 is 0. The van der Waals surface area contributed by atoms with Crippen LogP contribution in [0, 0.1) is 12.8 Å². The van der Waals surface area contributed by atoms with E-state index in [2.05, 4.69) is 32.7 Å². The Bertz CT molecular complexity index is 902. The highest BCUT2D eigenvalue weighted by molar-refractivity contribution is 7.13. The zero-order chi connectivity index (χ0) is 21.1. The minimum atomic E-state index is -0.855. The average Bonchev–Trinajstić information content (AvgIpc) is 3.27. The van der Waals surface area contributed by atoms with Crippen LogP contribution < -0.4 is 5.32 Å². The molecular formula is C22H28N4O3S. The lowest BCUT2D eigenvalue weighted by Crippen LogP contribution is -2.56. The quantitative estimate of drug-likeness (QED) is 0.671. The fourth-order valence-corrected chi connectivity index (χ4v) is 5.42. The van der Waals surface area contributed by atoms with Crippen LogP contribution in [0.3, 0.4) is 0 Å². The van der Waals surface area contributed by atoms with E-state index in [1.165, 1.54) is 4.88 Å². The number of aliphatic carboxylic acids is 1. The average molecular weight is 429 g/mol.